The second kappa shape index (κ2) is 4.78. The summed E-state index contributed by atoms with van der Waals surface area (Å²) in [6.45, 7) is 1.92. The Morgan fingerprint density at radius 2 is 2.24 bits per heavy atom. The summed E-state index contributed by atoms with van der Waals surface area (Å²) in [5.74, 6) is 1.09. The smallest absolute Gasteiger partial charge is 0.256 e. The molecule has 2 aromatic rings. The van der Waals surface area contributed by atoms with Gasteiger partial charge in [0.15, 0.2) is 5.82 Å². The van der Waals surface area contributed by atoms with Crippen molar-refractivity contribution in [3.8, 4) is 11.5 Å². The molecule has 5 heteroatoms. The molecule has 0 radical (unpaired) electrons. The summed E-state index contributed by atoms with van der Waals surface area (Å²) in [5.41, 5.74) is 1.20. The number of hydrogen-bond acceptors (Lipinski definition) is 4. The monoisotopic (exact) mass is 230 g/mol. The van der Waals surface area contributed by atoms with Crippen LogP contribution in [0.4, 0.5) is 5.82 Å². The third kappa shape index (κ3) is 2.18. The molecule has 0 fully saturated rings. The highest BCUT2D eigenvalue weighted by Crippen LogP contribution is 2.14. The average Bonchev–Trinajstić information content (AvgIpc) is 2.38. The number of pyridine rings is 1. The van der Waals surface area contributed by atoms with E-state index >= 15 is 0 Å². The highest BCUT2D eigenvalue weighted by atomic mass is 16.1. The van der Waals surface area contributed by atoms with Crippen LogP contribution < -0.4 is 10.9 Å². The zero-order valence-electron chi connectivity index (χ0n) is 9.82. The lowest BCUT2D eigenvalue weighted by Crippen LogP contribution is -2.17. The van der Waals surface area contributed by atoms with E-state index in [2.05, 4.69) is 20.3 Å². The summed E-state index contributed by atoms with van der Waals surface area (Å²) < 4.78 is 0. The summed E-state index contributed by atoms with van der Waals surface area (Å²) in [4.78, 5) is 23.1. The molecule has 0 saturated heterocycles. The molecular weight excluding hydrogens is 216 g/mol. The first-order chi connectivity index (χ1) is 8.26. The van der Waals surface area contributed by atoms with Crippen LogP contribution in [-0.4, -0.2) is 22.0 Å². The minimum absolute atomic E-state index is 0.118. The van der Waals surface area contributed by atoms with E-state index in [0.29, 0.717) is 29.3 Å². The number of aromatic amines is 1. The highest BCUT2D eigenvalue weighted by molar-refractivity contribution is 5.54. The van der Waals surface area contributed by atoms with Crippen molar-refractivity contribution in [3.05, 3.63) is 40.3 Å². The van der Waals surface area contributed by atoms with Crippen LogP contribution >= 0.6 is 0 Å². The summed E-state index contributed by atoms with van der Waals surface area (Å²) in [5, 5.41) is 2.94. The van der Waals surface area contributed by atoms with E-state index < -0.39 is 0 Å². The molecule has 2 aromatic heterocycles. The summed E-state index contributed by atoms with van der Waals surface area (Å²) in [7, 11) is 1.75. The number of anilines is 1. The predicted octanol–water partition coefficient (Wildman–Crippen LogP) is 1.44. The summed E-state index contributed by atoms with van der Waals surface area (Å²) >= 11 is 0. The van der Waals surface area contributed by atoms with Crippen molar-refractivity contribution in [2.24, 2.45) is 0 Å². The molecule has 17 heavy (non-hydrogen) atoms. The van der Waals surface area contributed by atoms with Crippen molar-refractivity contribution >= 4 is 5.82 Å². The third-order valence-corrected chi connectivity index (χ3v) is 2.51. The Morgan fingerprint density at radius 1 is 1.41 bits per heavy atom. The Morgan fingerprint density at radius 3 is 2.82 bits per heavy atom. The Bertz CT molecular complexity index is 562. The number of H-pyrrole nitrogens is 1. The van der Waals surface area contributed by atoms with Crippen molar-refractivity contribution < 1.29 is 0 Å². The maximum absolute atomic E-state index is 11.9. The van der Waals surface area contributed by atoms with Crippen LogP contribution in [0.25, 0.3) is 11.5 Å². The van der Waals surface area contributed by atoms with Crippen LogP contribution in [0.5, 0.6) is 0 Å². The summed E-state index contributed by atoms with van der Waals surface area (Å²) in [6.07, 6.45) is 2.31. The Labute approximate surface area is 99.0 Å². The molecule has 2 rings (SSSR count). The molecule has 0 unspecified atom stereocenters. The molecule has 0 atom stereocenters. The van der Waals surface area contributed by atoms with Crippen LogP contribution in [0.1, 0.15) is 12.5 Å². The van der Waals surface area contributed by atoms with Gasteiger partial charge in [-0.25, -0.2) is 4.98 Å². The molecule has 88 valence electrons. The van der Waals surface area contributed by atoms with Gasteiger partial charge in [-0.3, -0.25) is 9.78 Å². The SMILES string of the molecule is CCc1c(NC)nc(-c2ccccn2)[nH]c1=O. The first-order valence-electron chi connectivity index (χ1n) is 5.48. The van der Waals surface area contributed by atoms with Crippen molar-refractivity contribution in [1.29, 1.82) is 0 Å². The molecule has 2 N–H and O–H groups in total. The lowest BCUT2D eigenvalue weighted by atomic mass is 10.2. The van der Waals surface area contributed by atoms with Gasteiger partial charge in [0.05, 0.1) is 5.56 Å². The van der Waals surface area contributed by atoms with Gasteiger partial charge in [0.2, 0.25) is 0 Å². The predicted molar refractivity (Wildman–Crippen MR) is 67.0 cm³/mol. The van der Waals surface area contributed by atoms with E-state index in [1.165, 1.54) is 0 Å². The normalized spacial score (nSPS) is 10.2. The number of aromatic nitrogens is 3. The molecule has 0 bridgehead atoms. The fraction of sp³-hybridized carbons (Fsp3) is 0.250. The van der Waals surface area contributed by atoms with Gasteiger partial charge in [-0.1, -0.05) is 13.0 Å². The lowest BCUT2D eigenvalue weighted by molar-refractivity contribution is 1.00. The topological polar surface area (TPSA) is 70.7 Å². The van der Waals surface area contributed by atoms with Crippen LogP contribution in [0.3, 0.4) is 0 Å². The molecule has 0 aliphatic rings. The molecule has 0 aromatic carbocycles. The maximum Gasteiger partial charge on any atom is 0.256 e. The molecule has 0 amide bonds. The number of nitrogens with one attached hydrogen (secondary N) is 2. The Hall–Kier alpha value is -2.17. The molecule has 0 saturated carbocycles. The third-order valence-electron chi connectivity index (χ3n) is 2.51. The highest BCUT2D eigenvalue weighted by Gasteiger charge is 2.10. The minimum Gasteiger partial charge on any atom is -0.373 e. The number of nitrogens with zero attached hydrogens (tertiary/aromatic N) is 2. The molecular formula is C12H14N4O. The maximum atomic E-state index is 11.9. The van der Waals surface area contributed by atoms with Crippen molar-refractivity contribution in [2.75, 3.05) is 12.4 Å². The second-order valence-electron chi connectivity index (χ2n) is 3.56. The van der Waals surface area contributed by atoms with Crippen molar-refractivity contribution in [2.45, 2.75) is 13.3 Å². The van der Waals surface area contributed by atoms with Gasteiger partial charge in [-0.05, 0) is 18.6 Å². The van der Waals surface area contributed by atoms with Gasteiger partial charge >= 0.3 is 0 Å². The van der Waals surface area contributed by atoms with Gasteiger partial charge in [0.25, 0.3) is 5.56 Å². The Kier molecular flexibility index (Phi) is 3.18. The van der Waals surface area contributed by atoms with Gasteiger partial charge < -0.3 is 10.3 Å². The second-order valence-corrected chi connectivity index (χ2v) is 3.56. The van der Waals surface area contributed by atoms with Gasteiger partial charge in [0.1, 0.15) is 11.5 Å². The fourth-order valence-electron chi connectivity index (χ4n) is 1.66. The van der Waals surface area contributed by atoms with Gasteiger partial charge in [-0.2, -0.15) is 0 Å². The molecule has 2 heterocycles. The molecule has 0 aliphatic heterocycles. The van der Waals surface area contributed by atoms with Gasteiger partial charge in [-0.15, -0.1) is 0 Å². The molecule has 5 nitrogen and oxygen atoms in total. The van der Waals surface area contributed by atoms with E-state index in [0.717, 1.165) is 0 Å². The summed E-state index contributed by atoms with van der Waals surface area (Å²) in [6, 6.07) is 5.49. The number of hydrogen-bond donors (Lipinski definition) is 2. The zero-order valence-corrected chi connectivity index (χ0v) is 9.82. The van der Waals surface area contributed by atoms with E-state index in [-0.39, 0.29) is 5.56 Å². The largest absolute Gasteiger partial charge is 0.373 e. The fourth-order valence-corrected chi connectivity index (χ4v) is 1.66. The van der Waals surface area contributed by atoms with Crippen molar-refractivity contribution in [3.63, 3.8) is 0 Å². The first-order valence-corrected chi connectivity index (χ1v) is 5.48. The van der Waals surface area contributed by atoms with Crippen LogP contribution in [-0.2, 0) is 6.42 Å². The van der Waals surface area contributed by atoms with E-state index in [1.54, 1.807) is 13.2 Å². The van der Waals surface area contributed by atoms with E-state index in [4.69, 9.17) is 0 Å². The van der Waals surface area contributed by atoms with Gasteiger partial charge in [0, 0.05) is 13.2 Å². The number of rotatable bonds is 3. The van der Waals surface area contributed by atoms with E-state index in [9.17, 15) is 4.79 Å². The van der Waals surface area contributed by atoms with Crippen LogP contribution in [0.2, 0.25) is 0 Å². The van der Waals surface area contributed by atoms with Crippen LogP contribution in [0.15, 0.2) is 29.2 Å². The van der Waals surface area contributed by atoms with E-state index in [1.807, 2.05) is 25.1 Å². The van der Waals surface area contributed by atoms with Crippen LogP contribution in [0, 0.1) is 0 Å². The lowest BCUT2D eigenvalue weighted by Gasteiger charge is -2.07. The first kappa shape index (κ1) is 11.3. The standard InChI is InChI=1S/C12H14N4O/c1-3-8-10(13-2)15-11(16-12(8)17)9-6-4-5-7-14-9/h4-7H,3H2,1-2H3,(H2,13,15,16,17). The molecule has 0 spiro atoms. The average molecular weight is 230 g/mol. The Balaban J connectivity index is 2.59. The molecule has 0 aliphatic carbocycles. The quantitative estimate of drug-likeness (QED) is 0.837. The zero-order chi connectivity index (χ0) is 12.3. The van der Waals surface area contributed by atoms with Crippen molar-refractivity contribution in [1.82, 2.24) is 15.0 Å². The minimum atomic E-state index is -0.118.